The molecule has 2 aromatic heterocycles. The Labute approximate surface area is 171 Å². The van der Waals surface area contributed by atoms with E-state index >= 15 is 0 Å². The van der Waals surface area contributed by atoms with Crippen molar-refractivity contribution in [2.24, 2.45) is 0 Å². The third-order valence-electron chi connectivity index (χ3n) is 4.33. The summed E-state index contributed by atoms with van der Waals surface area (Å²) in [6.45, 7) is 0.536. The van der Waals surface area contributed by atoms with Crippen LogP contribution < -0.4 is 10.7 Å². The summed E-state index contributed by atoms with van der Waals surface area (Å²) in [5.41, 5.74) is 0.585. The number of fused-ring (bicyclic) bond motifs is 1. The summed E-state index contributed by atoms with van der Waals surface area (Å²) in [5, 5.41) is 22.2. The van der Waals surface area contributed by atoms with Gasteiger partial charge in [-0.25, -0.2) is 0 Å². The lowest BCUT2D eigenvalue weighted by molar-refractivity contribution is 0.0949. The summed E-state index contributed by atoms with van der Waals surface area (Å²) in [7, 11) is 0. The number of nitrogens with zero attached hydrogens (tertiary/aromatic N) is 1. The number of halogens is 1. The molecule has 0 spiro atoms. The Morgan fingerprint density at radius 3 is 2.61 bits per heavy atom. The maximum absolute atomic E-state index is 12.9. The minimum absolute atomic E-state index is 0.0430. The Hall–Kier alpha value is -2.19. The standard InChI is InChI=1S/C20H21ClN2O4S/c21-14-5-3-13(4-6-14)11-22-19(27)17-12-23(7-9-25)20-16(18(17)26)10-15(28-20)2-1-8-24/h3-6,10,12,24-25H,1-2,7-9,11H2,(H,22,27). The van der Waals surface area contributed by atoms with Crippen molar-refractivity contribution < 1.29 is 15.0 Å². The number of pyridine rings is 1. The van der Waals surface area contributed by atoms with Gasteiger partial charge in [-0.1, -0.05) is 23.7 Å². The number of nitrogens with one attached hydrogen (secondary N) is 1. The van der Waals surface area contributed by atoms with Crippen molar-refractivity contribution in [3.63, 3.8) is 0 Å². The van der Waals surface area contributed by atoms with Crippen molar-refractivity contribution in [3.05, 3.63) is 67.8 Å². The fourth-order valence-electron chi connectivity index (χ4n) is 2.92. The van der Waals surface area contributed by atoms with Gasteiger partial charge in [-0.05, 0) is 36.6 Å². The fraction of sp³-hybridized carbons (Fsp3) is 0.300. The summed E-state index contributed by atoms with van der Waals surface area (Å²) in [4.78, 5) is 27.2. The van der Waals surface area contributed by atoms with Crippen molar-refractivity contribution in [1.29, 1.82) is 0 Å². The highest BCUT2D eigenvalue weighted by Gasteiger charge is 2.17. The number of aromatic nitrogens is 1. The molecule has 0 bridgehead atoms. The van der Waals surface area contributed by atoms with E-state index in [2.05, 4.69) is 5.32 Å². The number of hydrogen-bond acceptors (Lipinski definition) is 5. The lowest BCUT2D eigenvalue weighted by atomic mass is 10.1. The fourth-order valence-corrected chi connectivity index (χ4v) is 4.24. The highest BCUT2D eigenvalue weighted by molar-refractivity contribution is 7.18. The molecule has 0 saturated carbocycles. The number of amides is 1. The second-order valence-corrected chi connectivity index (χ2v) is 7.91. The van der Waals surface area contributed by atoms with E-state index in [9.17, 15) is 14.7 Å². The van der Waals surface area contributed by atoms with Gasteiger partial charge >= 0.3 is 0 Å². The first-order chi connectivity index (χ1) is 13.5. The van der Waals surface area contributed by atoms with Gasteiger partial charge in [-0.15, -0.1) is 11.3 Å². The Morgan fingerprint density at radius 1 is 1.18 bits per heavy atom. The zero-order valence-corrected chi connectivity index (χ0v) is 16.7. The van der Waals surface area contributed by atoms with Crippen LogP contribution in [0.1, 0.15) is 27.2 Å². The van der Waals surface area contributed by atoms with Crippen LogP contribution in [0.5, 0.6) is 0 Å². The largest absolute Gasteiger partial charge is 0.396 e. The molecule has 8 heteroatoms. The van der Waals surface area contributed by atoms with Crippen LogP contribution in [0.2, 0.25) is 5.02 Å². The molecule has 0 fully saturated rings. The minimum atomic E-state index is -0.461. The molecular weight excluding hydrogens is 400 g/mol. The number of thiophene rings is 1. The lowest BCUT2D eigenvalue weighted by Crippen LogP contribution is -2.29. The molecule has 0 saturated heterocycles. The number of carbonyl (C=O) groups is 1. The van der Waals surface area contributed by atoms with Crippen molar-refractivity contribution in [2.45, 2.75) is 25.9 Å². The first-order valence-corrected chi connectivity index (χ1v) is 10.1. The van der Waals surface area contributed by atoms with Gasteiger partial charge in [0.2, 0.25) is 5.43 Å². The van der Waals surface area contributed by atoms with E-state index in [-0.39, 0.29) is 37.3 Å². The Kier molecular flexibility index (Phi) is 6.85. The SMILES string of the molecule is O=C(NCc1ccc(Cl)cc1)c1cn(CCO)c2sc(CCCO)cc2c1=O. The molecule has 0 atom stereocenters. The maximum atomic E-state index is 12.9. The number of rotatable bonds is 8. The molecule has 2 heterocycles. The first kappa shape index (κ1) is 20.5. The molecule has 1 amide bonds. The van der Waals surface area contributed by atoms with Crippen LogP contribution >= 0.6 is 22.9 Å². The van der Waals surface area contributed by atoms with E-state index in [0.29, 0.717) is 23.3 Å². The number of aliphatic hydroxyl groups is 2. The Bertz CT molecular complexity index is 1030. The van der Waals surface area contributed by atoms with Gasteiger partial charge in [-0.2, -0.15) is 0 Å². The van der Waals surface area contributed by atoms with Crippen LogP contribution in [0.15, 0.2) is 41.3 Å². The molecule has 148 valence electrons. The number of aliphatic hydroxyl groups excluding tert-OH is 2. The first-order valence-electron chi connectivity index (χ1n) is 8.93. The predicted octanol–water partition coefficient (Wildman–Crippen LogP) is 2.56. The third-order valence-corrected chi connectivity index (χ3v) is 5.82. The summed E-state index contributed by atoms with van der Waals surface area (Å²) in [6, 6.07) is 8.87. The van der Waals surface area contributed by atoms with E-state index in [1.807, 2.05) is 12.1 Å². The van der Waals surface area contributed by atoms with Gasteiger partial charge in [0.15, 0.2) is 0 Å². The number of hydrogen-bond donors (Lipinski definition) is 3. The molecule has 0 aliphatic heterocycles. The van der Waals surface area contributed by atoms with Gasteiger partial charge in [-0.3, -0.25) is 9.59 Å². The number of aryl methyl sites for hydroxylation is 1. The average molecular weight is 421 g/mol. The zero-order chi connectivity index (χ0) is 20.1. The van der Waals surface area contributed by atoms with E-state index in [1.54, 1.807) is 22.8 Å². The molecule has 28 heavy (non-hydrogen) atoms. The smallest absolute Gasteiger partial charge is 0.257 e. The monoisotopic (exact) mass is 420 g/mol. The molecule has 1 aromatic carbocycles. The molecular formula is C20H21ClN2O4S. The van der Waals surface area contributed by atoms with Crippen molar-refractivity contribution in [2.75, 3.05) is 13.2 Å². The highest BCUT2D eigenvalue weighted by Crippen LogP contribution is 2.25. The second-order valence-electron chi connectivity index (χ2n) is 6.36. The molecule has 0 aliphatic carbocycles. The van der Waals surface area contributed by atoms with E-state index in [0.717, 1.165) is 15.3 Å². The van der Waals surface area contributed by atoms with Crippen molar-refractivity contribution >= 4 is 39.1 Å². The normalized spacial score (nSPS) is 11.1. The summed E-state index contributed by atoms with van der Waals surface area (Å²) in [5.74, 6) is -0.461. The van der Waals surface area contributed by atoms with Gasteiger partial charge in [0.1, 0.15) is 10.4 Å². The van der Waals surface area contributed by atoms with Gasteiger partial charge in [0.05, 0.1) is 12.0 Å². The minimum Gasteiger partial charge on any atom is -0.396 e. The topological polar surface area (TPSA) is 91.6 Å². The zero-order valence-electron chi connectivity index (χ0n) is 15.2. The quantitative estimate of drug-likeness (QED) is 0.522. The molecule has 6 nitrogen and oxygen atoms in total. The van der Waals surface area contributed by atoms with Crippen LogP contribution in [-0.2, 0) is 19.5 Å². The number of carbonyl (C=O) groups excluding carboxylic acids is 1. The van der Waals surface area contributed by atoms with Gasteiger partial charge in [0.25, 0.3) is 5.91 Å². The second kappa shape index (κ2) is 9.34. The third kappa shape index (κ3) is 4.62. The van der Waals surface area contributed by atoms with Gasteiger partial charge < -0.3 is 20.1 Å². The molecule has 0 aliphatic rings. The van der Waals surface area contributed by atoms with Crippen molar-refractivity contribution in [1.82, 2.24) is 9.88 Å². The van der Waals surface area contributed by atoms with E-state index in [4.69, 9.17) is 16.7 Å². The Morgan fingerprint density at radius 2 is 1.93 bits per heavy atom. The summed E-state index contributed by atoms with van der Waals surface area (Å²) >= 11 is 7.31. The lowest BCUT2D eigenvalue weighted by Gasteiger charge is -2.10. The average Bonchev–Trinajstić information content (AvgIpc) is 3.13. The molecule has 3 aromatic rings. The summed E-state index contributed by atoms with van der Waals surface area (Å²) < 4.78 is 1.74. The van der Waals surface area contributed by atoms with Gasteiger partial charge in [0, 0.05) is 35.8 Å². The highest BCUT2D eigenvalue weighted by atomic mass is 35.5. The van der Waals surface area contributed by atoms with Crippen LogP contribution in [0.25, 0.3) is 10.2 Å². The van der Waals surface area contributed by atoms with Crippen LogP contribution in [0.4, 0.5) is 0 Å². The van der Waals surface area contributed by atoms with E-state index < -0.39 is 5.91 Å². The van der Waals surface area contributed by atoms with Crippen LogP contribution in [0.3, 0.4) is 0 Å². The van der Waals surface area contributed by atoms with Crippen LogP contribution in [0, 0.1) is 0 Å². The maximum Gasteiger partial charge on any atom is 0.257 e. The van der Waals surface area contributed by atoms with Crippen molar-refractivity contribution in [3.8, 4) is 0 Å². The summed E-state index contributed by atoms with van der Waals surface area (Å²) in [6.07, 6.45) is 2.77. The molecule has 0 radical (unpaired) electrons. The Balaban J connectivity index is 1.90. The van der Waals surface area contributed by atoms with E-state index in [1.165, 1.54) is 17.5 Å². The molecule has 3 N–H and O–H groups in total. The number of benzene rings is 1. The predicted molar refractivity (Wildman–Crippen MR) is 111 cm³/mol. The van der Waals surface area contributed by atoms with Crippen LogP contribution in [-0.4, -0.2) is 33.9 Å². The molecule has 3 rings (SSSR count). The molecule has 0 unspecified atom stereocenters.